The quantitative estimate of drug-likeness (QED) is 0.283. The highest BCUT2D eigenvalue weighted by atomic mass is 31.2. The summed E-state index contributed by atoms with van der Waals surface area (Å²) in [4.78, 5) is 16.4. The molecule has 0 aliphatic heterocycles. The fraction of sp³-hybridized carbons (Fsp3) is 1.00. The minimum absolute atomic E-state index is 0.0938. The minimum atomic E-state index is -3.76. The van der Waals surface area contributed by atoms with Crippen molar-refractivity contribution in [1.29, 1.82) is 0 Å². The smallest absolute Gasteiger partial charge is 0.325 e. The first kappa shape index (κ1) is 8.11. The van der Waals surface area contributed by atoms with E-state index in [1.54, 1.807) is 0 Å². The average Bonchev–Trinajstić information content (AvgIpc) is 1.59. The van der Waals surface area contributed by atoms with E-state index < -0.39 is 7.60 Å². The van der Waals surface area contributed by atoms with E-state index in [0.717, 1.165) is 0 Å². The molecule has 0 fully saturated rings. The van der Waals surface area contributed by atoms with Gasteiger partial charge in [0.25, 0.3) is 0 Å². The van der Waals surface area contributed by atoms with Crippen molar-refractivity contribution in [2.45, 2.75) is 6.42 Å². The lowest BCUT2D eigenvalue weighted by molar-refractivity contribution is 0.372. The number of nitrogens with two attached hydrogens (primary N) is 1. The van der Waals surface area contributed by atoms with Crippen LogP contribution in [0, 0.1) is 0 Å². The van der Waals surface area contributed by atoms with Gasteiger partial charge in [-0.1, -0.05) is 0 Å². The van der Waals surface area contributed by atoms with Crippen molar-refractivity contribution in [3.05, 3.63) is 0 Å². The molecule has 0 aromatic carbocycles. The van der Waals surface area contributed by atoms with Crippen LogP contribution in [0.5, 0.6) is 0 Å². The van der Waals surface area contributed by atoms with Crippen molar-refractivity contribution < 1.29 is 14.4 Å². The molecule has 0 saturated carbocycles. The van der Waals surface area contributed by atoms with Crippen LogP contribution >= 0.6 is 7.60 Å². The van der Waals surface area contributed by atoms with Gasteiger partial charge in [-0.3, -0.25) is 4.57 Å². The van der Waals surface area contributed by atoms with Gasteiger partial charge < -0.3 is 15.5 Å². The summed E-state index contributed by atoms with van der Waals surface area (Å²) in [7, 11) is -3.76. The number of rotatable bonds is 3. The topological polar surface area (TPSA) is 83.6 Å². The molecular formula is C3H10NO3P. The van der Waals surface area contributed by atoms with Gasteiger partial charge in [0.1, 0.15) is 0 Å². The van der Waals surface area contributed by atoms with Crippen LogP contribution in [-0.2, 0) is 4.57 Å². The zero-order chi connectivity index (χ0) is 6.62. The van der Waals surface area contributed by atoms with Gasteiger partial charge >= 0.3 is 7.60 Å². The Morgan fingerprint density at radius 2 is 2.00 bits per heavy atom. The SMILES string of the molecule is [15NH2][13CH2][13CH2][13CH2]P(=O)(O)O. The lowest BCUT2D eigenvalue weighted by Gasteiger charge is -1.98. The van der Waals surface area contributed by atoms with E-state index in [9.17, 15) is 4.57 Å². The summed E-state index contributed by atoms with van der Waals surface area (Å²) in [5.41, 5.74) is 4.99. The highest BCUT2D eigenvalue weighted by Crippen LogP contribution is 2.34. The van der Waals surface area contributed by atoms with Crippen molar-refractivity contribution >= 4 is 7.60 Å². The Morgan fingerprint density at radius 1 is 1.50 bits per heavy atom. The maximum absolute atomic E-state index is 10.0. The van der Waals surface area contributed by atoms with Crippen molar-refractivity contribution in [1.82, 2.24) is 0 Å². The van der Waals surface area contributed by atoms with Gasteiger partial charge in [-0.2, -0.15) is 0 Å². The van der Waals surface area contributed by atoms with E-state index in [-0.39, 0.29) is 6.16 Å². The molecule has 8 heavy (non-hydrogen) atoms. The third kappa shape index (κ3) is 6.11. The summed E-state index contributed by atoms with van der Waals surface area (Å²) < 4.78 is 10.0. The molecule has 50 valence electrons. The summed E-state index contributed by atoms with van der Waals surface area (Å²) in [6, 6.07) is 0. The van der Waals surface area contributed by atoms with Gasteiger partial charge in [-0.15, -0.1) is 0 Å². The monoisotopic (exact) mass is 143 g/mol. The molecule has 4 nitrogen and oxygen atoms in total. The maximum atomic E-state index is 10.0. The van der Waals surface area contributed by atoms with Gasteiger partial charge in [0, 0.05) is 0 Å². The predicted octanol–water partition coefficient (Wildman–Crippen LogP) is -0.487. The molecule has 0 bridgehead atoms. The number of hydrogen-bond donors (Lipinski definition) is 3. The molecule has 0 heterocycles. The Kier molecular flexibility index (Phi) is 3.24. The standard InChI is InChI=1S/C3H10NO3P/c4-2-1-3-8(5,6)7/h1-4H2,(H2,5,6,7)/i1+1,2+1,3+1,4+1. The second-order valence-electron chi connectivity index (χ2n) is 1.53. The summed E-state index contributed by atoms with van der Waals surface area (Å²) in [6.45, 7) is 0.338. The lowest BCUT2D eigenvalue weighted by atomic mass is 11.5. The fourth-order valence-corrected chi connectivity index (χ4v) is 0.892. The van der Waals surface area contributed by atoms with E-state index in [1.165, 1.54) is 0 Å². The molecular weight excluding hydrogens is 133 g/mol. The van der Waals surface area contributed by atoms with E-state index in [2.05, 4.69) is 0 Å². The molecule has 0 saturated heterocycles. The summed E-state index contributed by atoms with van der Waals surface area (Å²) in [5, 5.41) is 0. The van der Waals surface area contributed by atoms with E-state index in [0.29, 0.717) is 13.0 Å². The molecule has 0 aliphatic carbocycles. The van der Waals surface area contributed by atoms with Crippen LogP contribution in [-0.4, -0.2) is 22.5 Å². The van der Waals surface area contributed by atoms with Gasteiger partial charge in [-0.25, -0.2) is 0 Å². The Bertz CT molecular complexity index is 98.7. The molecule has 0 amide bonds. The van der Waals surface area contributed by atoms with Crippen LogP contribution in [0.25, 0.3) is 0 Å². The molecule has 0 radical (unpaired) electrons. The molecule has 0 spiro atoms. The fourth-order valence-electron chi connectivity index (χ4n) is 0.297. The van der Waals surface area contributed by atoms with Crippen LogP contribution in [0.1, 0.15) is 6.42 Å². The Balaban J connectivity index is 3.26. The molecule has 0 aliphatic rings. The predicted molar refractivity (Wildman–Crippen MR) is 30.6 cm³/mol. The van der Waals surface area contributed by atoms with E-state index >= 15 is 0 Å². The van der Waals surface area contributed by atoms with Gasteiger partial charge in [0.05, 0.1) is 6.16 Å². The second-order valence-corrected chi connectivity index (χ2v) is 3.31. The third-order valence-electron chi connectivity index (χ3n) is 0.654. The van der Waals surface area contributed by atoms with Crippen molar-refractivity contribution in [2.24, 2.45) is 5.73 Å². The second kappa shape index (κ2) is 3.20. The molecule has 0 atom stereocenters. The zero-order valence-electron chi connectivity index (χ0n) is 4.45. The Labute approximate surface area is 47.9 Å². The molecule has 0 unspecified atom stereocenters. The molecule has 0 aromatic rings. The normalized spacial score (nSPS) is 11.9. The maximum Gasteiger partial charge on any atom is 0.325 e. The summed E-state index contributed by atoms with van der Waals surface area (Å²) >= 11 is 0. The van der Waals surface area contributed by atoms with Crippen LogP contribution in [0.3, 0.4) is 0 Å². The molecule has 0 rings (SSSR count). The largest absolute Gasteiger partial charge is 0.330 e. The van der Waals surface area contributed by atoms with Crippen LogP contribution in [0.2, 0.25) is 0 Å². The first-order chi connectivity index (χ1) is 3.56. The minimum Gasteiger partial charge on any atom is -0.330 e. The molecule has 0 aromatic heterocycles. The first-order valence-corrected chi connectivity index (χ1v) is 4.10. The first-order valence-electron chi connectivity index (χ1n) is 2.31. The van der Waals surface area contributed by atoms with E-state index in [4.69, 9.17) is 15.5 Å². The van der Waals surface area contributed by atoms with Crippen LogP contribution in [0.4, 0.5) is 0 Å². The van der Waals surface area contributed by atoms with Crippen LogP contribution in [0.15, 0.2) is 0 Å². The van der Waals surface area contributed by atoms with Crippen molar-refractivity contribution in [2.75, 3.05) is 12.7 Å². The summed E-state index contributed by atoms with van der Waals surface area (Å²) in [6.07, 6.45) is 0.299. The Hall–Kier alpha value is 0.110. The van der Waals surface area contributed by atoms with Gasteiger partial charge in [-0.05, 0) is 13.0 Å². The number of hydrogen-bond acceptors (Lipinski definition) is 2. The van der Waals surface area contributed by atoms with Crippen molar-refractivity contribution in [3.63, 3.8) is 0 Å². The van der Waals surface area contributed by atoms with Gasteiger partial charge in [0.2, 0.25) is 0 Å². The zero-order valence-corrected chi connectivity index (χ0v) is 5.34. The van der Waals surface area contributed by atoms with Crippen LogP contribution < -0.4 is 5.73 Å². The lowest BCUT2D eigenvalue weighted by Crippen LogP contribution is -2.01. The van der Waals surface area contributed by atoms with Gasteiger partial charge in [0.15, 0.2) is 0 Å². The Morgan fingerprint density at radius 3 is 2.12 bits per heavy atom. The third-order valence-corrected chi connectivity index (χ3v) is 1.55. The van der Waals surface area contributed by atoms with E-state index in [1.807, 2.05) is 0 Å². The van der Waals surface area contributed by atoms with Crippen molar-refractivity contribution in [3.8, 4) is 0 Å². The highest BCUT2D eigenvalue weighted by molar-refractivity contribution is 7.51. The molecule has 4 N–H and O–H groups in total. The summed E-state index contributed by atoms with van der Waals surface area (Å²) in [5.74, 6) is 0. The highest BCUT2D eigenvalue weighted by Gasteiger charge is 2.09. The average molecular weight is 143 g/mol. The molecule has 5 heteroatoms.